The Bertz CT molecular complexity index is 588. The van der Waals surface area contributed by atoms with Crippen LogP contribution in [0.15, 0.2) is 36.5 Å². The summed E-state index contributed by atoms with van der Waals surface area (Å²) in [7, 11) is 0. The Labute approximate surface area is 117 Å². The number of rotatable bonds is 5. The first-order valence-corrected chi connectivity index (χ1v) is 6.38. The lowest BCUT2D eigenvalue weighted by Gasteiger charge is -2.15. The van der Waals surface area contributed by atoms with Crippen LogP contribution in [0.1, 0.15) is 19.4 Å². The second-order valence-electron chi connectivity index (χ2n) is 4.50. The van der Waals surface area contributed by atoms with E-state index in [2.05, 4.69) is 4.98 Å². The Morgan fingerprint density at radius 3 is 2.65 bits per heavy atom. The van der Waals surface area contributed by atoms with Crippen LogP contribution >= 0.6 is 0 Å². The third kappa shape index (κ3) is 3.24. The summed E-state index contributed by atoms with van der Waals surface area (Å²) >= 11 is 0. The summed E-state index contributed by atoms with van der Waals surface area (Å²) in [4.78, 5) is 4.12. The fraction of sp³-hybridized carbons (Fsp3) is 0.267. The summed E-state index contributed by atoms with van der Waals surface area (Å²) < 4.78 is 24.9. The van der Waals surface area contributed by atoms with Crippen LogP contribution < -0.4 is 15.2 Å². The molecule has 0 radical (unpaired) electrons. The fourth-order valence-electron chi connectivity index (χ4n) is 1.73. The number of hydrogen-bond donors (Lipinski definition) is 1. The molecule has 0 aliphatic carbocycles. The molecule has 1 heterocycles. The van der Waals surface area contributed by atoms with Gasteiger partial charge in [-0.25, -0.2) is 9.37 Å². The topological polar surface area (TPSA) is 57.4 Å². The van der Waals surface area contributed by atoms with Gasteiger partial charge in [-0.1, -0.05) is 6.07 Å². The molecule has 0 bridgehead atoms. The Balaban J connectivity index is 2.33. The molecule has 106 valence electrons. The molecule has 0 spiro atoms. The van der Waals surface area contributed by atoms with Crippen LogP contribution in [-0.2, 0) is 6.54 Å². The van der Waals surface area contributed by atoms with Crippen LogP contribution in [0.2, 0.25) is 0 Å². The van der Waals surface area contributed by atoms with Crippen LogP contribution in [-0.4, -0.2) is 11.1 Å². The molecule has 0 aliphatic rings. The molecule has 20 heavy (non-hydrogen) atoms. The predicted molar refractivity (Wildman–Crippen MR) is 74.4 cm³/mol. The van der Waals surface area contributed by atoms with Crippen molar-refractivity contribution < 1.29 is 13.9 Å². The number of pyridine rings is 1. The molecule has 0 aliphatic heterocycles. The van der Waals surface area contributed by atoms with Crippen molar-refractivity contribution in [1.82, 2.24) is 4.98 Å². The lowest BCUT2D eigenvalue weighted by atomic mass is 10.2. The van der Waals surface area contributed by atoms with Crippen molar-refractivity contribution in [1.29, 1.82) is 0 Å². The van der Waals surface area contributed by atoms with E-state index in [1.165, 1.54) is 6.07 Å². The summed E-state index contributed by atoms with van der Waals surface area (Å²) in [5.74, 6) is 0.753. The molecular formula is C15H17FN2O2. The van der Waals surface area contributed by atoms with Crippen LogP contribution in [0, 0.1) is 5.82 Å². The van der Waals surface area contributed by atoms with E-state index in [-0.39, 0.29) is 12.6 Å². The number of hydrogen-bond acceptors (Lipinski definition) is 4. The van der Waals surface area contributed by atoms with E-state index < -0.39 is 5.82 Å². The van der Waals surface area contributed by atoms with Gasteiger partial charge < -0.3 is 15.2 Å². The van der Waals surface area contributed by atoms with E-state index in [1.54, 1.807) is 30.5 Å². The van der Waals surface area contributed by atoms with Gasteiger partial charge in [0, 0.05) is 18.3 Å². The van der Waals surface area contributed by atoms with Gasteiger partial charge in [-0.2, -0.15) is 0 Å². The number of ether oxygens (including phenoxy) is 2. The Morgan fingerprint density at radius 2 is 1.95 bits per heavy atom. The van der Waals surface area contributed by atoms with Gasteiger partial charge in [0.2, 0.25) is 0 Å². The van der Waals surface area contributed by atoms with E-state index in [1.807, 2.05) is 13.8 Å². The third-order valence-corrected chi connectivity index (χ3v) is 2.59. The molecule has 0 saturated carbocycles. The van der Waals surface area contributed by atoms with Gasteiger partial charge in [-0.05, 0) is 38.1 Å². The Kier molecular flexibility index (Phi) is 4.53. The highest BCUT2D eigenvalue weighted by Crippen LogP contribution is 2.32. The first kappa shape index (κ1) is 14.3. The van der Waals surface area contributed by atoms with Crippen molar-refractivity contribution in [2.24, 2.45) is 5.73 Å². The molecular weight excluding hydrogens is 259 g/mol. The highest BCUT2D eigenvalue weighted by Gasteiger charge is 2.13. The molecule has 2 aromatic rings. The smallest absolute Gasteiger partial charge is 0.262 e. The maximum atomic E-state index is 13.7. The third-order valence-electron chi connectivity index (χ3n) is 2.59. The first-order valence-electron chi connectivity index (χ1n) is 6.38. The maximum absolute atomic E-state index is 13.7. The zero-order valence-electron chi connectivity index (χ0n) is 11.5. The predicted octanol–water partition coefficient (Wildman–Crippen LogP) is 3.26. The van der Waals surface area contributed by atoms with E-state index in [0.717, 1.165) is 0 Å². The van der Waals surface area contributed by atoms with Gasteiger partial charge in [-0.3, -0.25) is 0 Å². The molecule has 1 aromatic carbocycles. The number of aromatic nitrogens is 1. The van der Waals surface area contributed by atoms with Gasteiger partial charge in [-0.15, -0.1) is 0 Å². The van der Waals surface area contributed by atoms with E-state index in [4.69, 9.17) is 15.2 Å². The highest BCUT2D eigenvalue weighted by molar-refractivity contribution is 5.41. The SMILES string of the molecule is CC(C)Oc1cccnc1Oc1cccc(F)c1CN. The van der Waals surface area contributed by atoms with Gasteiger partial charge in [0.1, 0.15) is 11.6 Å². The number of benzene rings is 1. The van der Waals surface area contributed by atoms with Crippen molar-refractivity contribution in [2.75, 3.05) is 0 Å². The molecule has 0 saturated heterocycles. The second-order valence-corrected chi connectivity index (χ2v) is 4.50. The summed E-state index contributed by atoms with van der Waals surface area (Å²) in [5, 5.41) is 0. The Hall–Kier alpha value is -2.14. The number of halogens is 1. The molecule has 1 aromatic heterocycles. The van der Waals surface area contributed by atoms with Gasteiger partial charge in [0.05, 0.1) is 6.10 Å². The number of nitrogens with zero attached hydrogens (tertiary/aromatic N) is 1. The summed E-state index contributed by atoms with van der Waals surface area (Å²) in [5.41, 5.74) is 5.87. The molecule has 2 N–H and O–H groups in total. The highest BCUT2D eigenvalue weighted by atomic mass is 19.1. The molecule has 2 rings (SSSR count). The summed E-state index contributed by atoms with van der Waals surface area (Å²) in [6.45, 7) is 3.86. The monoisotopic (exact) mass is 276 g/mol. The molecule has 0 unspecified atom stereocenters. The van der Waals surface area contributed by atoms with E-state index in [0.29, 0.717) is 22.9 Å². The van der Waals surface area contributed by atoms with Gasteiger partial charge in [0.25, 0.3) is 5.88 Å². The van der Waals surface area contributed by atoms with Crippen molar-refractivity contribution in [3.05, 3.63) is 47.9 Å². The minimum absolute atomic E-state index is 0.0111. The van der Waals surface area contributed by atoms with Crippen molar-refractivity contribution in [3.8, 4) is 17.4 Å². The summed E-state index contributed by atoms with van der Waals surface area (Å²) in [6, 6.07) is 8.07. The van der Waals surface area contributed by atoms with Crippen LogP contribution in [0.3, 0.4) is 0 Å². The second kappa shape index (κ2) is 6.34. The van der Waals surface area contributed by atoms with Crippen LogP contribution in [0.4, 0.5) is 4.39 Å². The van der Waals surface area contributed by atoms with Gasteiger partial charge in [0.15, 0.2) is 5.75 Å². The average molecular weight is 276 g/mol. The summed E-state index contributed by atoms with van der Waals surface area (Å²) in [6.07, 6.45) is 1.58. The fourth-order valence-corrected chi connectivity index (χ4v) is 1.73. The maximum Gasteiger partial charge on any atom is 0.262 e. The minimum Gasteiger partial charge on any atom is -0.485 e. The van der Waals surface area contributed by atoms with Gasteiger partial charge >= 0.3 is 0 Å². The quantitative estimate of drug-likeness (QED) is 0.910. The standard InChI is InChI=1S/C15H17FN2O2/c1-10(2)19-14-7-4-8-18-15(14)20-13-6-3-5-12(16)11(13)9-17/h3-8,10H,9,17H2,1-2H3. The van der Waals surface area contributed by atoms with Crippen molar-refractivity contribution >= 4 is 0 Å². The normalized spacial score (nSPS) is 10.7. The average Bonchev–Trinajstić information content (AvgIpc) is 2.41. The molecule has 0 atom stereocenters. The molecule has 4 nitrogen and oxygen atoms in total. The largest absolute Gasteiger partial charge is 0.485 e. The molecule has 5 heteroatoms. The lowest BCUT2D eigenvalue weighted by molar-refractivity contribution is 0.231. The first-order chi connectivity index (χ1) is 9.61. The minimum atomic E-state index is -0.396. The van der Waals surface area contributed by atoms with Crippen molar-refractivity contribution in [2.45, 2.75) is 26.5 Å². The van der Waals surface area contributed by atoms with E-state index >= 15 is 0 Å². The zero-order chi connectivity index (χ0) is 14.5. The Morgan fingerprint density at radius 1 is 1.20 bits per heavy atom. The van der Waals surface area contributed by atoms with Crippen molar-refractivity contribution in [3.63, 3.8) is 0 Å². The zero-order valence-corrected chi connectivity index (χ0v) is 11.5. The molecule has 0 fully saturated rings. The lowest BCUT2D eigenvalue weighted by Crippen LogP contribution is -2.08. The van der Waals surface area contributed by atoms with E-state index in [9.17, 15) is 4.39 Å². The van der Waals surface area contributed by atoms with Crippen LogP contribution in [0.5, 0.6) is 17.4 Å². The number of nitrogens with two attached hydrogens (primary N) is 1. The van der Waals surface area contributed by atoms with Crippen LogP contribution in [0.25, 0.3) is 0 Å². The molecule has 0 amide bonds.